The summed E-state index contributed by atoms with van der Waals surface area (Å²) in [5.74, 6) is -0.751. The first-order chi connectivity index (χ1) is 14.7. The van der Waals surface area contributed by atoms with Gasteiger partial charge in [0.05, 0.1) is 10.7 Å². The van der Waals surface area contributed by atoms with E-state index in [1.807, 2.05) is 13.0 Å². The monoisotopic (exact) mass is 460 g/mol. The molecule has 0 aliphatic rings. The number of benzene rings is 3. The maximum absolute atomic E-state index is 13.0. The van der Waals surface area contributed by atoms with Crippen LogP contribution in [0.1, 0.15) is 27.0 Å². The molecule has 3 aromatic rings. The van der Waals surface area contributed by atoms with Crippen molar-refractivity contribution in [1.29, 1.82) is 0 Å². The molecule has 0 atom stereocenters. The summed E-state index contributed by atoms with van der Waals surface area (Å²) in [4.78, 5) is 12.3. The minimum absolute atomic E-state index is 0.0140. The van der Waals surface area contributed by atoms with Gasteiger partial charge in [-0.25, -0.2) is 12.8 Å². The van der Waals surface area contributed by atoms with Crippen molar-refractivity contribution >= 4 is 33.2 Å². The molecule has 0 aliphatic carbocycles. The number of halogens is 2. The number of aryl methyl sites for hydroxylation is 2. The third kappa shape index (κ3) is 5.83. The van der Waals surface area contributed by atoms with Crippen LogP contribution in [-0.2, 0) is 16.4 Å². The molecule has 2 N–H and O–H groups in total. The predicted molar refractivity (Wildman–Crippen MR) is 121 cm³/mol. The number of hydrogen-bond acceptors (Lipinski definition) is 3. The molecule has 8 heteroatoms. The van der Waals surface area contributed by atoms with Crippen molar-refractivity contribution < 1.29 is 17.6 Å². The second-order valence-electron chi connectivity index (χ2n) is 7.20. The lowest BCUT2D eigenvalue weighted by atomic mass is 10.1. The second kappa shape index (κ2) is 9.49. The Kier molecular flexibility index (Phi) is 6.97. The Labute approximate surface area is 186 Å². The maximum atomic E-state index is 13.0. The average molecular weight is 461 g/mol. The SMILES string of the molecule is Cc1ccc(NS(=O)(=O)c2cc(C(=O)NCCc3ccc(F)cc3)ccc2Cl)c(C)c1. The molecule has 0 unspecified atom stereocenters. The summed E-state index contributed by atoms with van der Waals surface area (Å²) in [5.41, 5.74) is 3.27. The zero-order valence-electron chi connectivity index (χ0n) is 17.1. The number of anilines is 1. The Bertz CT molecular complexity index is 1210. The highest BCUT2D eigenvalue weighted by atomic mass is 35.5. The molecular formula is C23H22ClFN2O3S. The highest BCUT2D eigenvalue weighted by molar-refractivity contribution is 7.92. The van der Waals surface area contributed by atoms with Crippen molar-refractivity contribution in [1.82, 2.24) is 5.32 Å². The van der Waals surface area contributed by atoms with Gasteiger partial charge in [0.15, 0.2) is 0 Å². The first-order valence-electron chi connectivity index (χ1n) is 9.58. The Morgan fingerprint density at radius 1 is 1.00 bits per heavy atom. The number of hydrogen-bond donors (Lipinski definition) is 2. The van der Waals surface area contributed by atoms with Gasteiger partial charge in [-0.2, -0.15) is 0 Å². The van der Waals surface area contributed by atoms with Crippen LogP contribution in [0.25, 0.3) is 0 Å². The quantitative estimate of drug-likeness (QED) is 0.528. The second-order valence-corrected chi connectivity index (χ2v) is 9.26. The van der Waals surface area contributed by atoms with Crippen molar-refractivity contribution in [3.8, 4) is 0 Å². The zero-order valence-corrected chi connectivity index (χ0v) is 18.6. The highest BCUT2D eigenvalue weighted by Crippen LogP contribution is 2.26. The Hall–Kier alpha value is -2.90. The van der Waals surface area contributed by atoms with Gasteiger partial charge in [0.25, 0.3) is 15.9 Å². The molecule has 0 fully saturated rings. The van der Waals surface area contributed by atoms with E-state index in [0.29, 0.717) is 18.7 Å². The average Bonchev–Trinajstić information content (AvgIpc) is 2.71. The van der Waals surface area contributed by atoms with Gasteiger partial charge in [-0.1, -0.05) is 41.4 Å². The molecule has 3 aromatic carbocycles. The van der Waals surface area contributed by atoms with E-state index in [4.69, 9.17) is 11.6 Å². The summed E-state index contributed by atoms with van der Waals surface area (Å²) >= 11 is 6.13. The van der Waals surface area contributed by atoms with Crippen molar-refractivity contribution in [3.05, 3.63) is 93.8 Å². The fourth-order valence-corrected chi connectivity index (χ4v) is 4.71. The van der Waals surface area contributed by atoms with Crippen LogP contribution in [0.3, 0.4) is 0 Å². The fourth-order valence-electron chi connectivity index (χ4n) is 3.05. The van der Waals surface area contributed by atoms with Crippen LogP contribution in [0.5, 0.6) is 0 Å². The third-order valence-corrected chi connectivity index (χ3v) is 6.57. The Morgan fingerprint density at radius 2 is 1.71 bits per heavy atom. The Balaban J connectivity index is 1.73. The van der Waals surface area contributed by atoms with E-state index >= 15 is 0 Å². The van der Waals surface area contributed by atoms with Crippen LogP contribution < -0.4 is 10.0 Å². The summed E-state index contributed by atoms with van der Waals surface area (Å²) in [7, 11) is -4.00. The van der Waals surface area contributed by atoms with E-state index in [1.165, 1.54) is 30.3 Å². The number of carbonyl (C=O) groups excluding carboxylic acids is 1. The van der Waals surface area contributed by atoms with E-state index in [9.17, 15) is 17.6 Å². The molecule has 31 heavy (non-hydrogen) atoms. The molecule has 0 aliphatic heterocycles. The number of carbonyl (C=O) groups is 1. The molecule has 0 saturated carbocycles. The van der Waals surface area contributed by atoms with Crippen LogP contribution in [0.2, 0.25) is 5.02 Å². The molecule has 162 valence electrons. The van der Waals surface area contributed by atoms with E-state index in [1.54, 1.807) is 31.2 Å². The van der Waals surface area contributed by atoms with E-state index in [0.717, 1.165) is 16.7 Å². The molecule has 5 nitrogen and oxygen atoms in total. The zero-order chi connectivity index (χ0) is 22.6. The lowest BCUT2D eigenvalue weighted by molar-refractivity contribution is 0.0954. The van der Waals surface area contributed by atoms with Gasteiger partial charge in [0.1, 0.15) is 10.7 Å². The first-order valence-corrected chi connectivity index (χ1v) is 11.4. The number of sulfonamides is 1. The lowest BCUT2D eigenvalue weighted by Crippen LogP contribution is -2.26. The smallest absolute Gasteiger partial charge is 0.263 e. The molecule has 0 spiro atoms. The van der Waals surface area contributed by atoms with Crippen LogP contribution >= 0.6 is 11.6 Å². The molecular weight excluding hydrogens is 439 g/mol. The van der Waals surface area contributed by atoms with E-state index in [-0.39, 0.29) is 21.3 Å². The van der Waals surface area contributed by atoms with E-state index in [2.05, 4.69) is 10.0 Å². The summed E-state index contributed by atoms with van der Waals surface area (Å²) in [6, 6.07) is 15.5. The van der Waals surface area contributed by atoms with Crippen LogP contribution in [0.15, 0.2) is 65.6 Å². The third-order valence-electron chi connectivity index (χ3n) is 4.72. The number of amides is 1. The van der Waals surface area contributed by atoms with Gasteiger partial charge in [0, 0.05) is 12.1 Å². The van der Waals surface area contributed by atoms with E-state index < -0.39 is 15.9 Å². The number of nitrogens with one attached hydrogen (secondary N) is 2. The number of rotatable bonds is 7. The standard InChI is InChI=1S/C23H22ClFN2O3S/c1-15-3-10-21(16(2)13-15)27-31(29,30)22-14-18(6-9-20(22)24)23(28)26-12-11-17-4-7-19(25)8-5-17/h3-10,13-14,27H,11-12H2,1-2H3,(H,26,28). The fraction of sp³-hybridized carbons (Fsp3) is 0.174. The van der Waals surface area contributed by atoms with Gasteiger partial charge >= 0.3 is 0 Å². The normalized spacial score (nSPS) is 11.2. The van der Waals surface area contributed by atoms with Gasteiger partial charge in [-0.3, -0.25) is 9.52 Å². The van der Waals surface area contributed by atoms with Crippen molar-refractivity contribution in [2.24, 2.45) is 0 Å². The first kappa shape index (κ1) is 22.8. The summed E-state index contributed by atoms with van der Waals surface area (Å²) in [6.07, 6.45) is 0.513. The van der Waals surface area contributed by atoms with Crippen molar-refractivity contribution in [3.63, 3.8) is 0 Å². The largest absolute Gasteiger partial charge is 0.352 e. The molecule has 0 aromatic heterocycles. The lowest BCUT2D eigenvalue weighted by Gasteiger charge is -2.13. The summed E-state index contributed by atoms with van der Waals surface area (Å²) in [6.45, 7) is 4.04. The van der Waals surface area contributed by atoms with Crippen LogP contribution in [0.4, 0.5) is 10.1 Å². The predicted octanol–water partition coefficient (Wildman–Crippen LogP) is 4.87. The van der Waals surface area contributed by atoms with Gasteiger partial charge in [0.2, 0.25) is 0 Å². The van der Waals surface area contributed by atoms with Crippen molar-refractivity contribution in [2.45, 2.75) is 25.2 Å². The summed E-state index contributed by atoms with van der Waals surface area (Å²) < 4.78 is 41.3. The molecule has 0 radical (unpaired) electrons. The van der Waals surface area contributed by atoms with Crippen molar-refractivity contribution in [2.75, 3.05) is 11.3 Å². The van der Waals surface area contributed by atoms with Gasteiger partial charge in [-0.05, 0) is 67.8 Å². The van der Waals surface area contributed by atoms with Gasteiger partial charge < -0.3 is 5.32 Å². The molecule has 1 amide bonds. The molecule has 3 rings (SSSR count). The minimum atomic E-state index is -4.00. The molecule has 0 bridgehead atoms. The minimum Gasteiger partial charge on any atom is -0.352 e. The Morgan fingerprint density at radius 3 is 2.39 bits per heavy atom. The molecule has 0 heterocycles. The summed E-state index contributed by atoms with van der Waals surface area (Å²) in [5, 5.41) is 2.75. The van der Waals surface area contributed by atoms with Gasteiger partial charge in [-0.15, -0.1) is 0 Å². The maximum Gasteiger partial charge on any atom is 0.263 e. The molecule has 0 saturated heterocycles. The highest BCUT2D eigenvalue weighted by Gasteiger charge is 2.21. The van der Waals surface area contributed by atoms with Crippen LogP contribution in [0, 0.1) is 19.7 Å². The van der Waals surface area contributed by atoms with Crippen LogP contribution in [-0.4, -0.2) is 20.9 Å². The topological polar surface area (TPSA) is 75.3 Å².